The summed E-state index contributed by atoms with van der Waals surface area (Å²) in [5, 5.41) is 0. The number of ether oxygens (including phenoxy) is 2. The van der Waals surface area contributed by atoms with Gasteiger partial charge in [0.2, 0.25) is 0 Å². The summed E-state index contributed by atoms with van der Waals surface area (Å²) in [5.41, 5.74) is -0.0217. The van der Waals surface area contributed by atoms with Gasteiger partial charge in [0, 0.05) is 0 Å². The minimum atomic E-state index is -0.644. The van der Waals surface area contributed by atoms with Gasteiger partial charge in [-0.2, -0.15) is 0 Å². The average molecular weight is 268 g/mol. The number of carbonyl (C=O) groups excluding carboxylic acids is 2. The molecule has 0 aliphatic heterocycles. The van der Waals surface area contributed by atoms with Gasteiger partial charge in [-0.1, -0.05) is 31.6 Å². The van der Waals surface area contributed by atoms with E-state index in [9.17, 15) is 9.59 Å². The van der Waals surface area contributed by atoms with E-state index in [1.807, 2.05) is 0 Å². The van der Waals surface area contributed by atoms with E-state index in [0.29, 0.717) is 6.42 Å². The smallest absolute Gasteiger partial charge is 0.344 e. The first-order valence-corrected chi connectivity index (χ1v) is 6.69. The zero-order valence-electron chi connectivity index (χ0n) is 12.1. The Bertz CT molecular complexity index is 311. The molecule has 0 aromatic carbocycles. The molecule has 0 bridgehead atoms. The second-order valence-corrected chi connectivity index (χ2v) is 4.15. The fourth-order valence-electron chi connectivity index (χ4n) is 1.53. The molecule has 0 unspecified atom stereocenters. The zero-order valence-corrected chi connectivity index (χ0v) is 12.1. The third-order valence-corrected chi connectivity index (χ3v) is 2.61. The van der Waals surface area contributed by atoms with Crippen LogP contribution < -0.4 is 0 Å². The fourth-order valence-corrected chi connectivity index (χ4v) is 1.53. The van der Waals surface area contributed by atoms with E-state index in [2.05, 4.69) is 28.5 Å². The van der Waals surface area contributed by atoms with Gasteiger partial charge in [0.25, 0.3) is 0 Å². The van der Waals surface area contributed by atoms with E-state index in [1.165, 1.54) is 20.6 Å². The molecule has 0 aliphatic carbocycles. The number of methoxy groups -OCH3 is 2. The minimum Gasteiger partial charge on any atom is -0.465 e. The van der Waals surface area contributed by atoms with E-state index in [-0.39, 0.29) is 5.57 Å². The number of unbranched alkanes of at least 4 members (excludes halogenated alkanes) is 4. The van der Waals surface area contributed by atoms with Gasteiger partial charge >= 0.3 is 11.9 Å². The van der Waals surface area contributed by atoms with Gasteiger partial charge in [-0.15, -0.1) is 0 Å². The van der Waals surface area contributed by atoms with Crippen molar-refractivity contribution in [3.63, 3.8) is 0 Å². The third-order valence-electron chi connectivity index (χ3n) is 2.61. The first-order valence-electron chi connectivity index (χ1n) is 6.69. The van der Waals surface area contributed by atoms with Crippen LogP contribution >= 0.6 is 0 Å². The van der Waals surface area contributed by atoms with Crippen LogP contribution in [0.2, 0.25) is 0 Å². The molecule has 4 nitrogen and oxygen atoms in total. The lowest BCUT2D eigenvalue weighted by atomic mass is 10.1. The van der Waals surface area contributed by atoms with Crippen LogP contribution in [0, 0.1) is 0 Å². The van der Waals surface area contributed by atoms with Crippen molar-refractivity contribution in [2.45, 2.75) is 45.4 Å². The van der Waals surface area contributed by atoms with E-state index >= 15 is 0 Å². The van der Waals surface area contributed by atoms with Crippen LogP contribution in [0.3, 0.4) is 0 Å². The monoisotopic (exact) mass is 268 g/mol. The lowest BCUT2D eigenvalue weighted by Crippen LogP contribution is -2.15. The van der Waals surface area contributed by atoms with Gasteiger partial charge in [0.15, 0.2) is 0 Å². The topological polar surface area (TPSA) is 52.6 Å². The maximum atomic E-state index is 11.3. The summed E-state index contributed by atoms with van der Waals surface area (Å²) in [6.07, 6.45) is 11.9. The van der Waals surface area contributed by atoms with Crippen molar-refractivity contribution in [2.75, 3.05) is 14.2 Å². The number of rotatable bonds is 9. The van der Waals surface area contributed by atoms with Gasteiger partial charge in [-0.25, -0.2) is 9.59 Å². The maximum absolute atomic E-state index is 11.3. The molecule has 4 heteroatoms. The van der Waals surface area contributed by atoms with E-state index in [4.69, 9.17) is 0 Å². The van der Waals surface area contributed by atoms with Gasteiger partial charge in [-0.3, -0.25) is 0 Å². The molecule has 0 fully saturated rings. The molecule has 0 spiro atoms. The van der Waals surface area contributed by atoms with Crippen LogP contribution in [-0.4, -0.2) is 26.2 Å². The van der Waals surface area contributed by atoms with Crippen LogP contribution in [0.5, 0.6) is 0 Å². The first-order chi connectivity index (χ1) is 9.17. The predicted octanol–water partition coefficient (Wildman–Crippen LogP) is 3.18. The summed E-state index contributed by atoms with van der Waals surface area (Å²) in [6, 6.07) is 0. The normalized spacial score (nSPS) is 10.3. The standard InChI is InChI=1S/C15H24O4/c1-4-5-6-7-8-9-10-11-12-13(14(16)18-2)15(17)19-3/h6-7,12H,4-5,8-11H2,1-3H3/b7-6+. The molecule has 0 radical (unpaired) electrons. The second-order valence-electron chi connectivity index (χ2n) is 4.15. The first kappa shape index (κ1) is 17.4. The molecule has 0 saturated carbocycles. The Morgan fingerprint density at radius 3 is 1.95 bits per heavy atom. The Balaban J connectivity index is 4.05. The van der Waals surface area contributed by atoms with Crippen molar-refractivity contribution in [1.29, 1.82) is 0 Å². The zero-order chi connectivity index (χ0) is 14.5. The summed E-state index contributed by atoms with van der Waals surface area (Å²) in [6.45, 7) is 2.15. The predicted molar refractivity (Wildman–Crippen MR) is 74.6 cm³/mol. The third kappa shape index (κ3) is 8.19. The highest BCUT2D eigenvalue weighted by Gasteiger charge is 2.18. The molecule has 19 heavy (non-hydrogen) atoms. The Morgan fingerprint density at radius 1 is 0.895 bits per heavy atom. The molecule has 0 heterocycles. The Hall–Kier alpha value is -1.58. The average Bonchev–Trinajstić information content (AvgIpc) is 2.44. The molecule has 0 rings (SSSR count). The van der Waals surface area contributed by atoms with Crippen molar-refractivity contribution < 1.29 is 19.1 Å². The Morgan fingerprint density at radius 2 is 1.42 bits per heavy atom. The highest BCUT2D eigenvalue weighted by molar-refractivity contribution is 6.13. The van der Waals surface area contributed by atoms with Crippen molar-refractivity contribution in [2.24, 2.45) is 0 Å². The van der Waals surface area contributed by atoms with Crippen LogP contribution in [0.15, 0.2) is 23.8 Å². The molecular weight excluding hydrogens is 244 g/mol. The molecule has 108 valence electrons. The van der Waals surface area contributed by atoms with E-state index in [1.54, 1.807) is 6.08 Å². The van der Waals surface area contributed by atoms with Crippen molar-refractivity contribution in [3.8, 4) is 0 Å². The molecule has 0 N–H and O–H groups in total. The molecule has 0 saturated heterocycles. The van der Waals surface area contributed by atoms with Crippen LogP contribution in [-0.2, 0) is 19.1 Å². The number of hydrogen-bond acceptors (Lipinski definition) is 4. The van der Waals surface area contributed by atoms with Gasteiger partial charge < -0.3 is 9.47 Å². The molecular formula is C15H24O4. The highest BCUT2D eigenvalue weighted by Crippen LogP contribution is 2.07. The SMILES string of the molecule is CCC/C=C/CCCCC=C(C(=O)OC)C(=O)OC. The largest absolute Gasteiger partial charge is 0.465 e. The quantitative estimate of drug-likeness (QED) is 0.161. The number of allylic oxidation sites excluding steroid dienone is 3. The molecule has 0 aromatic heterocycles. The fraction of sp³-hybridized carbons (Fsp3) is 0.600. The van der Waals surface area contributed by atoms with Gasteiger partial charge in [0.05, 0.1) is 14.2 Å². The van der Waals surface area contributed by atoms with Crippen molar-refractivity contribution >= 4 is 11.9 Å². The van der Waals surface area contributed by atoms with Crippen LogP contribution in [0.1, 0.15) is 45.4 Å². The summed E-state index contributed by atoms with van der Waals surface area (Å²) < 4.78 is 9.08. The highest BCUT2D eigenvalue weighted by atomic mass is 16.5. The molecule has 0 aliphatic rings. The molecule has 0 aromatic rings. The van der Waals surface area contributed by atoms with E-state index in [0.717, 1.165) is 25.7 Å². The van der Waals surface area contributed by atoms with Crippen molar-refractivity contribution in [1.82, 2.24) is 0 Å². The van der Waals surface area contributed by atoms with Gasteiger partial charge in [0.1, 0.15) is 5.57 Å². The molecule has 0 atom stereocenters. The summed E-state index contributed by atoms with van der Waals surface area (Å²) in [5.74, 6) is -1.29. The summed E-state index contributed by atoms with van der Waals surface area (Å²) >= 11 is 0. The lowest BCUT2D eigenvalue weighted by molar-refractivity contribution is -0.144. The maximum Gasteiger partial charge on any atom is 0.344 e. The summed E-state index contributed by atoms with van der Waals surface area (Å²) in [4.78, 5) is 22.7. The summed E-state index contributed by atoms with van der Waals surface area (Å²) in [7, 11) is 2.50. The molecule has 0 amide bonds. The Labute approximate surface area is 115 Å². The Kier molecular flexibility index (Phi) is 10.6. The van der Waals surface area contributed by atoms with E-state index < -0.39 is 11.9 Å². The van der Waals surface area contributed by atoms with Gasteiger partial charge in [-0.05, 0) is 32.1 Å². The second kappa shape index (κ2) is 11.5. The van der Waals surface area contributed by atoms with Crippen molar-refractivity contribution in [3.05, 3.63) is 23.8 Å². The van der Waals surface area contributed by atoms with Crippen LogP contribution in [0.25, 0.3) is 0 Å². The number of esters is 2. The number of hydrogen-bond donors (Lipinski definition) is 0. The van der Waals surface area contributed by atoms with Crippen LogP contribution in [0.4, 0.5) is 0 Å². The minimum absolute atomic E-state index is 0.0217. The number of carbonyl (C=O) groups is 2. The lowest BCUT2D eigenvalue weighted by Gasteiger charge is -2.03.